The van der Waals surface area contributed by atoms with E-state index in [0.29, 0.717) is 18.5 Å². The molecule has 1 fully saturated rings. The van der Waals surface area contributed by atoms with Gasteiger partial charge in [-0.3, -0.25) is 14.6 Å². The largest absolute Gasteiger partial charge is 0.468 e. The number of carbonyl (C=O) groups excluding carboxylic acids is 3. The number of ether oxygens (including phenoxy) is 2. The van der Waals surface area contributed by atoms with Crippen LogP contribution in [0.15, 0.2) is 54.9 Å². The van der Waals surface area contributed by atoms with Crippen molar-refractivity contribution in [2.75, 3.05) is 20.4 Å². The van der Waals surface area contributed by atoms with Crippen molar-refractivity contribution in [3.8, 4) is 0 Å². The Hall–Kier alpha value is -3.42. The molecule has 2 amide bonds. The van der Waals surface area contributed by atoms with Gasteiger partial charge in [-0.25, -0.2) is 4.79 Å². The monoisotopic (exact) mass is 411 g/mol. The molecule has 2 unspecified atom stereocenters. The molecule has 0 saturated carbocycles. The summed E-state index contributed by atoms with van der Waals surface area (Å²) in [5, 5.41) is 2.54. The van der Waals surface area contributed by atoms with Crippen LogP contribution in [0.5, 0.6) is 0 Å². The Kier molecular flexibility index (Phi) is 7.37. The van der Waals surface area contributed by atoms with Gasteiger partial charge in [0.2, 0.25) is 0 Å². The van der Waals surface area contributed by atoms with Crippen LogP contribution in [0.3, 0.4) is 0 Å². The van der Waals surface area contributed by atoms with Gasteiger partial charge in [-0.05, 0) is 37.0 Å². The van der Waals surface area contributed by atoms with Gasteiger partial charge in [0.05, 0.1) is 18.7 Å². The fourth-order valence-corrected chi connectivity index (χ4v) is 3.68. The second kappa shape index (κ2) is 10.4. The van der Waals surface area contributed by atoms with Gasteiger partial charge in [-0.1, -0.05) is 30.3 Å². The maximum atomic E-state index is 12.8. The van der Waals surface area contributed by atoms with Gasteiger partial charge in [-0.2, -0.15) is 0 Å². The average molecular weight is 411 g/mol. The van der Waals surface area contributed by atoms with Crippen molar-refractivity contribution in [1.82, 2.24) is 15.2 Å². The molecule has 1 aromatic carbocycles. The highest BCUT2D eigenvalue weighted by molar-refractivity contribution is 5.93. The van der Waals surface area contributed by atoms with Crippen molar-refractivity contribution >= 4 is 18.0 Å². The van der Waals surface area contributed by atoms with Crippen molar-refractivity contribution in [1.29, 1.82) is 0 Å². The standard InChI is InChI=1S/C22H25N3O5/c1-29-21(27)19(16-8-3-2-4-9-16)18-11-5-6-13-25(18)22(28)30-15-24-20(26)17-10-7-12-23-14-17/h2-4,7-10,12,14,18-19H,5-6,11,13,15H2,1H3,(H,24,26). The first-order valence-electron chi connectivity index (χ1n) is 9.86. The van der Waals surface area contributed by atoms with Crippen LogP contribution in [-0.2, 0) is 14.3 Å². The van der Waals surface area contributed by atoms with E-state index < -0.39 is 18.0 Å². The Morgan fingerprint density at radius 3 is 2.67 bits per heavy atom. The molecule has 3 rings (SSSR count). The summed E-state index contributed by atoms with van der Waals surface area (Å²) in [6, 6.07) is 12.2. The third-order valence-electron chi connectivity index (χ3n) is 5.13. The number of hydrogen-bond donors (Lipinski definition) is 1. The van der Waals surface area contributed by atoms with E-state index in [2.05, 4.69) is 10.3 Å². The molecule has 0 spiro atoms. The van der Waals surface area contributed by atoms with Crippen LogP contribution in [0.4, 0.5) is 4.79 Å². The number of likely N-dealkylation sites (tertiary alicyclic amines) is 1. The molecule has 1 aliphatic heterocycles. The zero-order chi connectivity index (χ0) is 21.3. The lowest BCUT2D eigenvalue weighted by Gasteiger charge is -2.38. The summed E-state index contributed by atoms with van der Waals surface area (Å²) in [7, 11) is 1.34. The summed E-state index contributed by atoms with van der Waals surface area (Å²) < 4.78 is 10.3. The molecular formula is C22H25N3O5. The van der Waals surface area contributed by atoms with E-state index in [-0.39, 0.29) is 18.7 Å². The minimum Gasteiger partial charge on any atom is -0.468 e. The minimum absolute atomic E-state index is 0.274. The number of esters is 1. The molecule has 1 aliphatic rings. The number of hydrogen-bond acceptors (Lipinski definition) is 6. The predicted molar refractivity (Wildman–Crippen MR) is 109 cm³/mol. The number of methoxy groups -OCH3 is 1. The van der Waals surface area contributed by atoms with E-state index in [9.17, 15) is 14.4 Å². The Morgan fingerprint density at radius 1 is 1.17 bits per heavy atom. The first kappa shape index (κ1) is 21.3. The Bertz CT molecular complexity index is 860. The molecule has 2 atom stereocenters. The van der Waals surface area contributed by atoms with Crippen LogP contribution in [0.1, 0.15) is 41.1 Å². The lowest BCUT2D eigenvalue weighted by atomic mass is 9.85. The Balaban J connectivity index is 1.67. The molecule has 1 N–H and O–H groups in total. The average Bonchev–Trinajstić information content (AvgIpc) is 2.80. The molecule has 30 heavy (non-hydrogen) atoms. The molecule has 1 saturated heterocycles. The lowest BCUT2D eigenvalue weighted by molar-refractivity contribution is -0.144. The van der Waals surface area contributed by atoms with Crippen LogP contribution < -0.4 is 5.32 Å². The highest BCUT2D eigenvalue weighted by atomic mass is 16.6. The van der Waals surface area contributed by atoms with Gasteiger partial charge < -0.3 is 19.7 Å². The third-order valence-corrected chi connectivity index (χ3v) is 5.13. The minimum atomic E-state index is -0.603. The van der Waals surface area contributed by atoms with Crippen LogP contribution in [0.2, 0.25) is 0 Å². The second-order valence-corrected chi connectivity index (χ2v) is 6.97. The van der Waals surface area contributed by atoms with E-state index in [1.807, 2.05) is 30.3 Å². The van der Waals surface area contributed by atoms with Gasteiger partial charge in [0.15, 0.2) is 6.73 Å². The second-order valence-electron chi connectivity index (χ2n) is 6.97. The summed E-state index contributed by atoms with van der Waals surface area (Å²) in [4.78, 5) is 42.9. The van der Waals surface area contributed by atoms with Gasteiger partial charge in [0.1, 0.15) is 5.92 Å². The van der Waals surface area contributed by atoms with Gasteiger partial charge in [-0.15, -0.1) is 0 Å². The molecule has 0 aliphatic carbocycles. The van der Waals surface area contributed by atoms with E-state index in [0.717, 1.165) is 18.4 Å². The number of piperidine rings is 1. The topological polar surface area (TPSA) is 97.8 Å². The first-order chi connectivity index (χ1) is 14.6. The van der Waals surface area contributed by atoms with Crippen molar-refractivity contribution < 1.29 is 23.9 Å². The third kappa shape index (κ3) is 5.14. The van der Waals surface area contributed by atoms with E-state index >= 15 is 0 Å². The molecule has 0 bridgehead atoms. The Labute approximate surface area is 175 Å². The number of rotatable bonds is 6. The van der Waals surface area contributed by atoms with Gasteiger partial charge >= 0.3 is 12.1 Å². The van der Waals surface area contributed by atoms with E-state index in [4.69, 9.17) is 9.47 Å². The molecule has 8 nitrogen and oxygen atoms in total. The highest BCUT2D eigenvalue weighted by Crippen LogP contribution is 2.32. The zero-order valence-electron chi connectivity index (χ0n) is 16.8. The quantitative estimate of drug-likeness (QED) is 0.580. The van der Waals surface area contributed by atoms with Crippen LogP contribution in [0.25, 0.3) is 0 Å². The molecule has 2 heterocycles. The summed E-state index contributed by atoms with van der Waals surface area (Å²) in [6.07, 6.45) is 4.79. The van der Waals surface area contributed by atoms with Crippen molar-refractivity contribution in [2.45, 2.75) is 31.2 Å². The van der Waals surface area contributed by atoms with Gasteiger partial charge in [0.25, 0.3) is 5.91 Å². The molecule has 2 aromatic rings. The summed E-state index contributed by atoms with van der Waals surface area (Å²) >= 11 is 0. The van der Waals surface area contributed by atoms with Crippen molar-refractivity contribution in [2.24, 2.45) is 0 Å². The SMILES string of the molecule is COC(=O)C(c1ccccc1)C1CCCCN1C(=O)OCNC(=O)c1cccnc1. The molecule has 8 heteroatoms. The fraction of sp³-hybridized carbons (Fsp3) is 0.364. The zero-order valence-corrected chi connectivity index (χ0v) is 16.8. The molecule has 1 aromatic heterocycles. The number of nitrogens with one attached hydrogen (secondary N) is 1. The predicted octanol–water partition coefficient (Wildman–Crippen LogP) is 2.72. The Morgan fingerprint density at radius 2 is 1.97 bits per heavy atom. The number of nitrogens with zero attached hydrogens (tertiary/aromatic N) is 2. The van der Waals surface area contributed by atoms with E-state index in [1.165, 1.54) is 13.3 Å². The van der Waals surface area contributed by atoms with Crippen LogP contribution >= 0.6 is 0 Å². The lowest BCUT2D eigenvalue weighted by Crippen LogP contribution is -2.49. The summed E-state index contributed by atoms with van der Waals surface area (Å²) in [6.45, 7) is 0.199. The number of aromatic nitrogens is 1. The van der Waals surface area contributed by atoms with Crippen LogP contribution in [0, 0.1) is 0 Å². The smallest absolute Gasteiger partial charge is 0.411 e. The number of benzene rings is 1. The fourth-order valence-electron chi connectivity index (χ4n) is 3.68. The summed E-state index contributed by atoms with van der Waals surface area (Å²) in [5.41, 5.74) is 1.16. The van der Waals surface area contributed by atoms with Crippen LogP contribution in [-0.4, -0.2) is 54.3 Å². The maximum Gasteiger partial charge on any atom is 0.411 e. The highest BCUT2D eigenvalue weighted by Gasteiger charge is 2.39. The maximum absolute atomic E-state index is 12.8. The van der Waals surface area contributed by atoms with Crippen molar-refractivity contribution in [3.05, 3.63) is 66.0 Å². The number of pyridine rings is 1. The summed E-state index contributed by atoms with van der Waals surface area (Å²) in [5.74, 6) is -1.38. The molecule has 158 valence electrons. The van der Waals surface area contributed by atoms with E-state index in [1.54, 1.807) is 23.2 Å². The first-order valence-corrected chi connectivity index (χ1v) is 9.86. The van der Waals surface area contributed by atoms with Gasteiger partial charge in [0, 0.05) is 18.9 Å². The van der Waals surface area contributed by atoms with Crippen molar-refractivity contribution in [3.63, 3.8) is 0 Å². The number of carbonyl (C=O) groups is 3. The normalized spacial score (nSPS) is 17.0. The molecule has 0 radical (unpaired) electrons. The number of amides is 2. The molecular weight excluding hydrogens is 386 g/mol.